The molecule has 1 amide bonds. The summed E-state index contributed by atoms with van der Waals surface area (Å²) in [4.78, 5) is 27.5. The van der Waals surface area contributed by atoms with Gasteiger partial charge in [0.05, 0.1) is 5.69 Å². The lowest BCUT2D eigenvalue weighted by atomic mass is 10.1. The topological polar surface area (TPSA) is 85.2 Å². The molecule has 8 nitrogen and oxygen atoms in total. The fourth-order valence-corrected chi connectivity index (χ4v) is 3.67. The van der Waals surface area contributed by atoms with Gasteiger partial charge in [-0.2, -0.15) is 9.97 Å². The molecule has 27 heavy (non-hydrogen) atoms. The smallest absolute Gasteiger partial charge is 0.407 e. The molecule has 1 aliphatic heterocycles. The molecule has 3 rings (SSSR count). The number of nitrogens with zero attached hydrogens (tertiary/aromatic N) is 5. The highest BCUT2D eigenvalue weighted by atomic mass is 35.5. The van der Waals surface area contributed by atoms with Crippen LogP contribution in [0.15, 0.2) is 0 Å². The molecule has 0 aromatic carbocycles. The first-order valence-corrected chi connectivity index (χ1v) is 9.70. The minimum Gasteiger partial charge on any atom is -0.444 e. The van der Waals surface area contributed by atoms with Crippen molar-refractivity contribution in [2.75, 3.05) is 18.0 Å². The van der Waals surface area contributed by atoms with Gasteiger partial charge in [-0.3, -0.25) is 0 Å². The van der Waals surface area contributed by atoms with Crippen molar-refractivity contribution in [3.63, 3.8) is 0 Å². The van der Waals surface area contributed by atoms with Crippen molar-refractivity contribution in [2.24, 2.45) is 0 Å². The molecule has 9 heteroatoms. The Morgan fingerprint density at radius 3 is 2.74 bits per heavy atom. The molecule has 148 valence electrons. The van der Waals surface area contributed by atoms with Gasteiger partial charge < -0.3 is 19.5 Å². The van der Waals surface area contributed by atoms with Gasteiger partial charge in [-0.05, 0) is 59.1 Å². The van der Waals surface area contributed by atoms with Crippen LogP contribution in [0, 0.1) is 6.92 Å². The summed E-state index contributed by atoms with van der Waals surface area (Å²) < 4.78 is 7.49. The van der Waals surface area contributed by atoms with Gasteiger partial charge in [0.15, 0.2) is 5.65 Å². The second-order valence-corrected chi connectivity index (χ2v) is 8.18. The summed E-state index contributed by atoms with van der Waals surface area (Å²) in [7, 11) is 0. The second kappa shape index (κ2) is 7.50. The zero-order chi connectivity index (χ0) is 19.8. The molecule has 1 fully saturated rings. The summed E-state index contributed by atoms with van der Waals surface area (Å²) in [6.45, 7) is 11.8. The van der Waals surface area contributed by atoms with Crippen LogP contribution in [0.4, 0.5) is 10.7 Å². The second-order valence-electron chi connectivity index (χ2n) is 7.84. The van der Waals surface area contributed by atoms with E-state index >= 15 is 0 Å². The first-order valence-electron chi connectivity index (χ1n) is 9.32. The fourth-order valence-electron chi connectivity index (χ4n) is 3.46. The molecule has 0 spiro atoms. The van der Waals surface area contributed by atoms with Crippen LogP contribution in [-0.4, -0.2) is 50.3 Å². The minimum atomic E-state index is -0.510. The van der Waals surface area contributed by atoms with Crippen molar-refractivity contribution in [1.29, 1.82) is 0 Å². The van der Waals surface area contributed by atoms with Crippen LogP contribution < -0.4 is 10.2 Å². The molecular formula is C18H27ClN6O2. The number of rotatable bonds is 3. The number of piperidine rings is 1. The van der Waals surface area contributed by atoms with E-state index in [4.69, 9.17) is 21.3 Å². The SMILES string of the molecule is CCn1c(N2CCCC(NC(=O)OC(C)(C)C)C2)nc2nc(Cl)nc(C)c21. The highest BCUT2D eigenvalue weighted by molar-refractivity contribution is 6.28. The van der Waals surface area contributed by atoms with Gasteiger partial charge in [0.2, 0.25) is 11.2 Å². The summed E-state index contributed by atoms with van der Waals surface area (Å²) >= 11 is 6.00. The Kier molecular flexibility index (Phi) is 5.46. The lowest BCUT2D eigenvalue weighted by Crippen LogP contribution is -2.49. The van der Waals surface area contributed by atoms with Crippen LogP contribution >= 0.6 is 11.6 Å². The normalized spacial score (nSPS) is 18.0. The predicted molar refractivity (Wildman–Crippen MR) is 105 cm³/mol. The number of aryl methyl sites for hydroxylation is 2. The van der Waals surface area contributed by atoms with E-state index in [0.29, 0.717) is 12.2 Å². The average Bonchev–Trinajstić information content (AvgIpc) is 2.91. The molecule has 2 aromatic heterocycles. The van der Waals surface area contributed by atoms with Gasteiger partial charge in [0, 0.05) is 25.7 Å². The Bertz CT molecular complexity index is 844. The Morgan fingerprint density at radius 2 is 2.07 bits per heavy atom. The number of nitrogens with one attached hydrogen (secondary N) is 1. The molecule has 1 saturated heterocycles. The third-order valence-electron chi connectivity index (χ3n) is 4.47. The number of anilines is 1. The number of alkyl carbamates (subject to hydrolysis) is 1. The summed E-state index contributed by atoms with van der Waals surface area (Å²) in [5.74, 6) is 0.836. The van der Waals surface area contributed by atoms with Crippen molar-refractivity contribution in [2.45, 2.75) is 65.6 Å². The molecule has 1 unspecified atom stereocenters. The standard InChI is InChI=1S/C18H27ClN6O2/c1-6-25-13-11(2)20-15(19)22-14(13)23-16(25)24-9-7-8-12(10-24)21-17(26)27-18(3,4)5/h12H,6-10H2,1-5H3,(H,21,26). The molecule has 0 saturated carbocycles. The monoisotopic (exact) mass is 394 g/mol. The summed E-state index contributed by atoms with van der Waals surface area (Å²) in [6.07, 6.45) is 1.48. The maximum atomic E-state index is 12.1. The van der Waals surface area contributed by atoms with Crippen molar-refractivity contribution >= 4 is 34.8 Å². The first kappa shape index (κ1) is 19.7. The number of hydrogen-bond donors (Lipinski definition) is 1. The van der Waals surface area contributed by atoms with Gasteiger partial charge in [0.25, 0.3) is 0 Å². The highest BCUT2D eigenvalue weighted by Gasteiger charge is 2.27. The van der Waals surface area contributed by atoms with Crippen molar-refractivity contribution in [1.82, 2.24) is 24.8 Å². The third kappa shape index (κ3) is 4.43. The van der Waals surface area contributed by atoms with E-state index in [1.807, 2.05) is 27.7 Å². The van der Waals surface area contributed by atoms with Crippen molar-refractivity contribution < 1.29 is 9.53 Å². The van der Waals surface area contributed by atoms with Gasteiger partial charge >= 0.3 is 6.09 Å². The summed E-state index contributed by atoms with van der Waals surface area (Å²) in [5, 5.41) is 3.18. The molecule has 3 heterocycles. The number of halogens is 1. The Labute approximate surface area is 164 Å². The molecule has 1 N–H and O–H groups in total. The van der Waals surface area contributed by atoms with Crippen LogP contribution in [0.5, 0.6) is 0 Å². The summed E-state index contributed by atoms with van der Waals surface area (Å²) in [5.41, 5.74) is 1.81. The largest absolute Gasteiger partial charge is 0.444 e. The first-order chi connectivity index (χ1) is 12.7. The highest BCUT2D eigenvalue weighted by Crippen LogP contribution is 2.26. The van der Waals surface area contributed by atoms with E-state index in [1.54, 1.807) is 0 Å². The predicted octanol–water partition coefficient (Wildman–Crippen LogP) is 3.30. The van der Waals surface area contributed by atoms with Crippen molar-refractivity contribution in [3.05, 3.63) is 11.0 Å². The molecule has 1 aliphatic rings. The zero-order valence-corrected chi connectivity index (χ0v) is 17.3. The quantitative estimate of drug-likeness (QED) is 0.804. The van der Waals surface area contributed by atoms with Crippen LogP contribution in [-0.2, 0) is 11.3 Å². The van der Waals surface area contributed by atoms with Gasteiger partial charge in [-0.1, -0.05) is 0 Å². The molecule has 0 aliphatic carbocycles. The van der Waals surface area contributed by atoms with E-state index in [1.165, 1.54) is 0 Å². The van der Waals surface area contributed by atoms with Crippen LogP contribution in [0.25, 0.3) is 11.2 Å². The molecule has 0 radical (unpaired) electrons. The fraction of sp³-hybridized carbons (Fsp3) is 0.667. The van der Waals surface area contributed by atoms with Crippen molar-refractivity contribution in [3.8, 4) is 0 Å². The van der Waals surface area contributed by atoms with E-state index in [0.717, 1.165) is 43.1 Å². The molecule has 0 bridgehead atoms. The lowest BCUT2D eigenvalue weighted by molar-refractivity contribution is 0.0500. The number of amides is 1. The summed E-state index contributed by atoms with van der Waals surface area (Å²) in [6, 6.07) is 0.00878. The van der Waals surface area contributed by atoms with E-state index < -0.39 is 5.60 Å². The average molecular weight is 395 g/mol. The zero-order valence-electron chi connectivity index (χ0n) is 16.5. The Balaban J connectivity index is 1.82. The third-order valence-corrected chi connectivity index (χ3v) is 4.64. The van der Waals surface area contributed by atoms with Crippen LogP contribution in [0.3, 0.4) is 0 Å². The molecular weight excluding hydrogens is 368 g/mol. The minimum absolute atomic E-state index is 0.00878. The van der Waals surface area contributed by atoms with E-state index in [-0.39, 0.29) is 17.4 Å². The Morgan fingerprint density at radius 1 is 1.33 bits per heavy atom. The van der Waals surface area contributed by atoms with Gasteiger partial charge in [-0.25, -0.2) is 9.78 Å². The number of hydrogen-bond acceptors (Lipinski definition) is 6. The number of imidazole rings is 1. The van der Waals surface area contributed by atoms with Crippen LogP contribution in [0.1, 0.15) is 46.2 Å². The number of aromatic nitrogens is 4. The van der Waals surface area contributed by atoms with Gasteiger partial charge in [-0.15, -0.1) is 0 Å². The van der Waals surface area contributed by atoms with Gasteiger partial charge in [0.1, 0.15) is 11.1 Å². The Hall–Kier alpha value is -2.09. The maximum Gasteiger partial charge on any atom is 0.407 e. The van der Waals surface area contributed by atoms with E-state index in [2.05, 4.69) is 31.7 Å². The molecule has 2 aromatic rings. The number of carbonyl (C=O) groups excluding carboxylic acids is 1. The number of fused-ring (bicyclic) bond motifs is 1. The number of carbonyl (C=O) groups is 1. The maximum absolute atomic E-state index is 12.1. The number of ether oxygens (including phenoxy) is 1. The lowest BCUT2D eigenvalue weighted by Gasteiger charge is -2.34. The van der Waals surface area contributed by atoms with Crippen LogP contribution in [0.2, 0.25) is 5.28 Å². The van der Waals surface area contributed by atoms with E-state index in [9.17, 15) is 4.79 Å². The molecule has 1 atom stereocenters.